The minimum absolute atomic E-state index is 0.0396. The van der Waals surface area contributed by atoms with E-state index in [2.05, 4.69) is 30.6 Å². The molecular formula is C28H27F3N8O. The fourth-order valence-corrected chi connectivity index (χ4v) is 4.54. The zero-order valence-electron chi connectivity index (χ0n) is 21.6. The van der Waals surface area contributed by atoms with Gasteiger partial charge in [-0.05, 0) is 54.8 Å². The van der Waals surface area contributed by atoms with Gasteiger partial charge in [0.2, 0.25) is 5.95 Å². The SMILES string of the molecule is Cc1ccc(NC(=O)c2ccc(CN3CC[C@@H](N)C3)c(C(F)(F)F)c2)cc1Nc1nccc(-c2cncnc2)n1. The Bertz CT molecular complexity index is 1510. The van der Waals surface area contributed by atoms with Crippen LogP contribution in [-0.2, 0) is 12.7 Å². The fourth-order valence-electron chi connectivity index (χ4n) is 4.54. The fraction of sp³-hybridized carbons (Fsp3) is 0.250. The summed E-state index contributed by atoms with van der Waals surface area (Å²) in [6.07, 6.45) is 2.44. The molecule has 0 bridgehead atoms. The number of anilines is 3. The number of carbonyl (C=O) groups excluding carboxylic acids is 1. The average molecular weight is 549 g/mol. The summed E-state index contributed by atoms with van der Waals surface area (Å²) in [6, 6.07) is 10.5. The summed E-state index contributed by atoms with van der Waals surface area (Å²) in [4.78, 5) is 31.6. The molecule has 5 rings (SSSR count). The summed E-state index contributed by atoms with van der Waals surface area (Å²) in [5, 5.41) is 5.83. The number of nitrogens with one attached hydrogen (secondary N) is 2. The lowest BCUT2D eigenvalue weighted by molar-refractivity contribution is -0.138. The van der Waals surface area contributed by atoms with Crippen molar-refractivity contribution >= 4 is 23.2 Å². The molecule has 0 unspecified atom stereocenters. The van der Waals surface area contributed by atoms with Crippen LogP contribution in [0.4, 0.5) is 30.5 Å². The monoisotopic (exact) mass is 548 g/mol. The Hall–Kier alpha value is -4.42. The van der Waals surface area contributed by atoms with Crippen LogP contribution in [0.5, 0.6) is 0 Å². The number of aryl methyl sites for hydroxylation is 1. The Labute approximate surface area is 228 Å². The molecule has 1 aliphatic heterocycles. The van der Waals surface area contributed by atoms with E-state index in [1.54, 1.807) is 42.9 Å². The van der Waals surface area contributed by atoms with Crippen LogP contribution in [0, 0.1) is 6.92 Å². The molecule has 1 atom stereocenters. The van der Waals surface area contributed by atoms with E-state index in [0.29, 0.717) is 36.1 Å². The zero-order valence-corrected chi connectivity index (χ0v) is 21.6. The highest BCUT2D eigenvalue weighted by Gasteiger charge is 2.35. The molecule has 1 saturated heterocycles. The molecular weight excluding hydrogens is 521 g/mol. The van der Waals surface area contributed by atoms with Gasteiger partial charge in [0, 0.05) is 66.8 Å². The van der Waals surface area contributed by atoms with Crippen LogP contribution >= 0.6 is 0 Å². The van der Waals surface area contributed by atoms with Crippen molar-refractivity contribution in [2.24, 2.45) is 5.73 Å². The number of aromatic nitrogens is 4. The largest absolute Gasteiger partial charge is 0.416 e. The number of halogens is 3. The maximum Gasteiger partial charge on any atom is 0.416 e. The van der Waals surface area contributed by atoms with Gasteiger partial charge in [-0.3, -0.25) is 9.69 Å². The molecule has 40 heavy (non-hydrogen) atoms. The molecule has 0 radical (unpaired) electrons. The molecule has 1 fully saturated rings. The van der Waals surface area contributed by atoms with Crippen LogP contribution in [0.25, 0.3) is 11.3 Å². The zero-order chi connectivity index (χ0) is 28.3. The van der Waals surface area contributed by atoms with E-state index >= 15 is 0 Å². The van der Waals surface area contributed by atoms with Gasteiger partial charge < -0.3 is 16.4 Å². The Morgan fingerprint density at radius 3 is 2.65 bits per heavy atom. The van der Waals surface area contributed by atoms with Crippen molar-refractivity contribution in [3.05, 3.63) is 89.6 Å². The van der Waals surface area contributed by atoms with E-state index in [4.69, 9.17) is 5.73 Å². The maximum absolute atomic E-state index is 13.9. The van der Waals surface area contributed by atoms with Gasteiger partial charge in [0.05, 0.1) is 11.3 Å². The number of hydrogen-bond acceptors (Lipinski definition) is 8. The highest BCUT2D eigenvalue weighted by Crippen LogP contribution is 2.34. The summed E-state index contributed by atoms with van der Waals surface area (Å²) in [7, 11) is 0. The minimum Gasteiger partial charge on any atom is -0.326 e. The smallest absolute Gasteiger partial charge is 0.326 e. The van der Waals surface area contributed by atoms with Crippen molar-refractivity contribution in [1.29, 1.82) is 0 Å². The first kappa shape index (κ1) is 27.2. The highest BCUT2D eigenvalue weighted by atomic mass is 19.4. The molecule has 2 aromatic carbocycles. The van der Waals surface area contributed by atoms with Crippen molar-refractivity contribution in [2.75, 3.05) is 23.7 Å². The molecule has 2 aromatic heterocycles. The summed E-state index contributed by atoms with van der Waals surface area (Å²) >= 11 is 0. The normalized spacial score (nSPS) is 15.7. The van der Waals surface area contributed by atoms with E-state index < -0.39 is 17.6 Å². The number of alkyl halides is 3. The van der Waals surface area contributed by atoms with Gasteiger partial charge in [-0.1, -0.05) is 12.1 Å². The third-order valence-corrected chi connectivity index (χ3v) is 6.63. The molecule has 3 heterocycles. The predicted octanol–water partition coefficient (Wildman–Crippen LogP) is 4.79. The summed E-state index contributed by atoms with van der Waals surface area (Å²) < 4.78 is 41.7. The number of hydrogen-bond donors (Lipinski definition) is 3. The second-order valence-electron chi connectivity index (χ2n) is 9.66. The van der Waals surface area contributed by atoms with Gasteiger partial charge in [-0.2, -0.15) is 13.2 Å². The molecule has 12 heteroatoms. The lowest BCUT2D eigenvalue weighted by atomic mass is 10.0. The van der Waals surface area contributed by atoms with E-state index in [-0.39, 0.29) is 23.7 Å². The standard InChI is InChI=1S/C28H27F3N8O/c1-17-2-5-22(11-25(17)38-27-35-8-6-24(37-27)20-12-33-16-34-13-20)36-26(40)18-3-4-19(23(10-18)28(29,30)31)14-39-9-7-21(32)15-39/h2-6,8,10-13,16,21H,7,9,14-15,32H2,1H3,(H,36,40)(H,35,37,38)/t21-/m1/s1. The predicted molar refractivity (Wildman–Crippen MR) is 145 cm³/mol. The van der Waals surface area contributed by atoms with Crippen molar-refractivity contribution in [2.45, 2.75) is 32.1 Å². The van der Waals surface area contributed by atoms with Crippen LogP contribution in [0.1, 0.15) is 33.5 Å². The Balaban J connectivity index is 1.33. The topological polar surface area (TPSA) is 122 Å². The van der Waals surface area contributed by atoms with Crippen LogP contribution in [-0.4, -0.2) is 49.9 Å². The Morgan fingerprint density at radius 1 is 1.12 bits per heavy atom. The quantitative estimate of drug-likeness (QED) is 0.301. The second-order valence-corrected chi connectivity index (χ2v) is 9.66. The Kier molecular flexibility index (Phi) is 7.71. The van der Waals surface area contributed by atoms with E-state index in [1.807, 2.05) is 11.8 Å². The minimum atomic E-state index is -4.60. The number of rotatable bonds is 7. The lowest BCUT2D eigenvalue weighted by Gasteiger charge is -2.20. The van der Waals surface area contributed by atoms with Crippen LogP contribution < -0.4 is 16.4 Å². The van der Waals surface area contributed by atoms with Crippen LogP contribution in [0.3, 0.4) is 0 Å². The van der Waals surface area contributed by atoms with Crippen LogP contribution in [0.2, 0.25) is 0 Å². The molecule has 0 saturated carbocycles. The Morgan fingerprint density at radius 2 is 1.93 bits per heavy atom. The summed E-state index contributed by atoms with van der Waals surface area (Å²) in [6.45, 7) is 3.17. The van der Waals surface area contributed by atoms with Crippen LogP contribution in [0.15, 0.2) is 67.4 Å². The van der Waals surface area contributed by atoms with Gasteiger partial charge in [0.25, 0.3) is 5.91 Å². The number of amides is 1. The molecule has 0 aliphatic carbocycles. The maximum atomic E-state index is 13.9. The van der Waals surface area contributed by atoms with E-state index in [1.165, 1.54) is 18.5 Å². The highest BCUT2D eigenvalue weighted by molar-refractivity contribution is 6.04. The third kappa shape index (κ3) is 6.41. The van der Waals surface area contributed by atoms with Gasteiger partial charge in [0.15, 0.2) is 0 Å². The first-order valence-corrected chi connectivity index (χ1v) is 12.6. The number of nitrogens with two attached hydrogens (primary N) is 1. The first-order valence-electron chi connectivity index (χ1n) is 12.6. The first-order chi connectivity index (χ1) is 19.2. The average Bonchev–Trinajstić information content (AvgIpc) is 3.35. The number of likely N-dealkylation sites (tertiary alicyclic amines) is 1. The van der Waals surface area contributed by atoms with Crippen molar-refractivity contribution < 1.29 is 18.0 Å². The molecule has 4 aromatic rings. The van der Waals surface area contributed by atoms with Crippen molar-refractivity contribution in [3.8, 4) is 11.3 Å². The van der Waals surface area contributed by atoms with E-state index in [0.717, 1.165) is 23.6 Å². The number of carbonyl (C=O) groups is 1. The van der Waals surface area contributed by atoms with Gasteiger partial charge in [0.1, 0.15) is 6.33 Å². The van der Waals surface area contributed by atoms with Crippen molar-refractivity contribution in [1.82, 2.24) is 24.8 Å². The molecule has 206 valence electrons. The molecule has 1 aliphatic rings. The summed E-state index contributed by atoms with van der Waals surface area (Å²) in [5.74, 6) is -0.338. The summed E-state index contributed by atoms with van der Waals surface area (Å²) in [5.41, 5.74) is 8.31. The van der Waals surface area contributed by atoms with Crippen molar-refractivity contribution in [3.63, 3.8) is 0 Å². The lowest BCUT2D eigenvalue weighted by Crippen LogP contribution is -2.27. The van der Waals surface area contributed by atoms with Gasteiger partial charge in [-0.25, -0.2) is 19.9 Å². The molecule has 9 nitrogen and oxygen atoms in total. The second kappa shape index (κ2) is 11.4. The molecule has 1 amide bonds. The third-order valence-electron chi connectivity index (χ3n) is 6.63. The number of nitrogens with zero attached hydrogens (tertiary/aromatic N) is 5. The van der Waals surface area contributed by atoms with Gasteiger partial charge in [-0.15, -0.1) is 0 Å². The van der Waals surface area contributed by atoms with Gasteiger partial charge >= 0.3 is 6.18 Å². The molecule has 4 N–H and O–H groups in total. The molecule has 0 spiro atoms. The van der Waals surface area contributed by atoms with E-state index in [9.17, 15) is 18.0 Å². The number of benzene rings is 2.